The van der Waals surface area contributed by atoms with E-state index in [0.29, 0.717) is 48.7 Å². The Morgan fingerprint density at radius 3 is 2.44 bits per heavy atom. The minimum atomic E-state index is -1.01. The molecule has 1 atom stereocenters. The molecule has 1 saturated heterocycles. The summed E-state index contributed by atoms with van der Waals surface area (Å²) in [4.78, 5) is 45.4. The number of benzene rings is 2. The largest absolute Gasteiger partial charge is 0.478 e. The van der Waals surface area contributed by atoms with E-state index in [1.54, 1.807) is 47.7 Å². The number of aromatic carboxylic acids is 1. The average molecular weight is 464 g/mol. The Hall–Kier alpha value is -3.88. The lowest BCUT2D eigenvalue weighted by molar-refractivity contribution is -0.129. The van der Waals surface area contributed by atoms with Gasteiger partial charge in [0.2, 0.25) is 11.9 Å². The van der Waals surface area contributed by atoms with Crippen molar-refractivity contribution in [2.45, 2.75) is 26.8 Å². The summed E-state index contributed by atoms with van der Waals surface area (Å²) in [6.45, 7) is 7.75. The Balaban J connectivity index is 1.77. The van der Waals surface area contributed by atoms with Gasteiger partial charge in [-0.15, -0.1) is 0 Å². The van der Waals surface area contributed by atoms with Crippen LogP contribution < -0.4 is 15.8 Å². The topological polar surface area (TPSA) is 108 Å². The third-order valence-corrected chi connectivity index (χ3v) is 6.33. The molecule has 2 heterocycles. The lowest BCUT2D eigenvalue weighted by Gasteiger charge is -2.35. The van der Waals surface area contributed by atoms with E-state index in [1.807, 2.05) is 30.9 Å². The molecule has 0 unspecified atom stereocenters. The Morgan fingerprint density at radius 2 is 1.79 bits per heavy atom. The van der Waals surface area contributed by atoms with Gasteiger partial charge in [-0.2, -0.15) is 0 Å². The first-order valence-corrected chi connectivity index (χ1v) is 11.3. The third-order valence-electron chi connectivity index (χ3n) is 6.33. The molecule has 1 aliphatic rings. The van der Waals surface area contributed by atoms with E-state index in [-0.39, 0.29) is 23.1 Å². The number of rotatable bonds is 5. The van der Waals surface area contributed by atoms with E-state index in [1.165, 1.54) is 0 Å². The molecule has 34 heavy (non-hydrogen) atoms. The number of hydrogen-bond donors (Lipinski definition) is 2. The second kappa shape index (κ2) is 9.17. The van der Waals surface area contributed by atoms with E-state index >= 15 is 0 Å². The van der Waals surface area contributed by atoms with Gasteiger partial charge in [0.25, 0.3) is 5.56 Å². The molecule has 3 aromatic rings. The highest BCUT2D eigenvalue weighted by molar-refractivity contribution is 5.94. The van der Waals surface area contributed by atoms with Crippen molar-refractivity contribution >= 4 is 34.4 Å². The molecule has 1 aromatic heterocycles. The highest BCUT2D eigenvalue weighted by Gasteiger charge is 2.24. The second-order valence-electron chi connectivity index (χ2n) is 8.74. The van der Waals surface area contributed by atoms with Crippen LogP contribution in [-0.4, -0.2) is 57.6 Å². The van der Waals surface area contributed by atoms with Crippen molar-refractivity contribution in [3.63, 3.8) is 0 Å². The number of hydrogen-bond acceptors (Lipinski definition) is 6. The van der Waals surface area contributed by atoms with Gasteiger partial charge < -0.3 is 20.2 Å². The van der Waals surface area contributed by atoms with E-state index in [2.05, 4.69) is 5.32 Å². The van der Waals surface area contributed by atoms with Crippen LogP contribution in [-0.2, 0) is 11.8 Å². The first kappa shape index (κ1) is 23.3. The molecule has 9 nitrogen and oxygen atoms in total. The zero-order valence-electron chi connectivity index (χ0n) is 19.8. The van der Waals surface area contributed by atoms with Crippen LogP contribution in [0.3, 0.4) is 0 Å². The zero-order valence-corrected chi connectivity index (χ0v) is 19.8. The summed E-state index contributed by atoms with van der Waals surface area (Å²) in [6, 6.07) is 10.3. The summed E-state index contributed by atoms with van der Waals surface area (Å²) in [7, 11) is 1.72. The first-order chi connectivity index (χ1) is 16.2. The van der Waals surface area contributed by atoms with Crippen LogP contribution in [0, 0.1) is 6.92 Å². The molecule has 2 aromatic carbocycles. The number of para-hydroxylation sites is 1. The van der Waals surface area contributed by atoms with Gasteiger partial charge in [0.05, 0.1) is 22.5 Å². The molecule has 1 amide bonds. The van der Waals surface area contributed by atoms with Crippen LogP contribution in [0.5, 0.6) is 0 Å². The summed E-state index contributed by atoms with van der Waals surface area (Å²) >= 11 is 0. The van der Waals surface area contributed by atoms with Crippen molar-refractivity contribution < 1.29 is 14.7 Å². The summed E-state index contributed by atoms with van der Waals surface area (Å²) in [6.07, 6.45) is 0. The second-order valence-corrected chi connectivity index (χ2v) is 8.74. The van der Waals surface area contributed by atoms with Gasteiger partial charge in [0.1, 0.15) is 0 Å². The van der Waals surface area contributed by atoms with Crippen LogP contribution in [0.2, 0.25) is 0 Å². The lowest BCUT2D eigenvalue weighted by Crippen LogP contribution is -2.49. The molecule has 178 valence electrons. The van der Waals surface area contributed by atoms with Crippen molar-refractivity contribution in [3.8, 4) is 0 Å². The van der Waals surface area contributed by atoms with E-state index < -0.39 is 5.97 Å². The number of amides is 1. The van der Waals surface area contributed by atoms with Crippen LogP contribution in [0.4, 0.5) is 11.6 Å². The maximum absolute atomic E-state index is 13.3. The number of nitrogens with zero attached hydrogens (tertiary/aromatic N) is 4. The predicted molar refractivity (Wildman–Crippen MR) is 132 cm³/mol. The van der Waals surface area contributed by atoms with Gasteiger partial charge in [0.15, 0.2) is 0 Å². The van der Waals surface area contributed by atoms with Gasteiger partial charge in [-0.05, 0) is 37.6 Å². The molecule has 2 N–H and O–H groups in total. The average Bonchev–Trinajstić information content (AvgIpc) is 2.81. The van der Waals surface area contributed by atoms with E-state index in [0.717, 1.165) is 11.1 Å². The van der Waals surface area contributed by atoms with Gasteiger partial charge in [0, 0.05) is 51.4 Å². The van der Waals surface area contributed by atoms with Crippen LogP contribution in [0.1, 0.15) is 41.4 Å². The number of anilines is 2. The van der Waals surface area contributed by atoms with Gasteiger partial charge >= 0.3 is 5.97 Å². The number of fused-ring (bicyclic) bond motifs is 1. The third kappa shape index (κ3) is 4.33. The van der Waals surface area contributed by atoms with Crippen molar-refractivity contribution in [2.24, 2.45) is 7.05 Å². The fourth-order valence-corrected chi connectivity index (χ4v) is 4.48. The molecule has 0 aliphatic carbocycles. The minimum absolute atomic E-state index is 0.0410. The number of aryl methyl sites for hydroxylation is 1. The molecule has 0 bridgehead atoms. The number of nitrogens with one attached hydrogen (secondary N) is 1. The Morgan fingerprint density at radius 1 is 1.12 bits per heavy atom. The number of carbonyl (C=O) groups is 2. The molecule has 0 saturated carbocycles. The minimum Gasteiger partial charge on any atom is -0.478 e. The molecule has 0 radical (unpaired) electrons. The summed E-state index contributed by atoms with van der Waals surface area (Å²) in [5, 5.41) is 13.3. The van der Waals surface area contributed by atoms with Crippen molar-refractivity contribution in [2.75, 3.05) is 36.4 Å². The van der Waals surface area contributed by atoms with Gasteiger partial charge in [-0.3, -0.25) is 14.2 Å². The van der Waals surface area contributed by atoms with Crippen LogP contribution in [0.25, 0.3) is 10.9 Å². The summed E-state index contributed by atoms with van der Waals surface area (Å²) < 4.78 is 1.56. The van der Waals surface area contributed by atoms with Crippen molar-refractivity contribution in [1.29, 1.82) is 0 Å². The quantitative estimate of drug-likeness (QED) is 0.599. The van der Waals surface area contributed by atoms with Gasteiger partial charge in [-0.25, -0.2) is 9.78 Å². The first-order valence-electron chi connectivity index (χ1n) is 11.3. The Kier molecular flexibility index (Phi) is 6.28. The standard InChI is InChI=1S/C25H29N5O4/c1-15-13-19(16(2)26-21-8-6-5-7-18(21)24(33)34)22-20(14-15)23(32)28(4)25(27-22)30-11-9-29(10-12-30)17(3)31/h5-8,13-14,16,26H,9-12H2,1-4H3,(H,33,34)/t16-/m1/s1. The highest BCUT2D eigenvalue weighted by Crippen LogP contribution is 2.29. The highest BCUT2D eigenvalue weighted by atomic mass is 16.4. The summed E-state index contributed by atoms with van der Waals surface area (Å²) in [5.41, 5.74) is 2.87. The van der Waals surface area contributed by atoms with Crippen molar-refractivity contribution in [1.82, 2.24) is 14.5 Å². The molecule has 0 spiro atoms. The molecule has 1 aliphatic heterocycles. The smallest absolute Gasteiger partial charge is 0.337 e. The van der Waals surface area contributed by atoms with Crippen LogP contribution >= 0.6 is 0 Å². The number of carboxylic acids is 1. The molecular formula is C25H29N5O4. The predicted octanol–water partition coefficient (Wildman–Crippen LogP) is 2.78. The number of aromatic nitrogens is 2. The van der Waals surface area contributed by atoms with E-state index in [9.17, 15) is 19.5 Å². The fourth-order valence-electron chi connectivity index (χ4n) is 4.48. The number of carboxylic acid groups (broad SMARTS) is 1. The maximum Gasteiger partial charge on any atom is 0.337 e. The monoisotopic (exact) mass is 463 g/mol. The fraction of sp³-hybridized carbons (Fsp3) is 0.360. The molecule has 1 fully saturated rings. The number of carbonyl (C=O) groups excluding carboxylic acids is 1. The normalized spacial score (nSPS) is 14.8. The zero-order chi connectivity index (χ0) is 24.6. The molecule has 4 rings (SSSR count). The molecular weight excluding hydrogens is 434 g/mol. The number of piperazine rings is 1. The lowest BCUT2D eigenvalue weighted by atomic mass is 10.0. The molecule has 9 heteroatoms. The SMILES string of the molecule is CC(=O)N1CCN(c2nc3c([C@@H](C)Nc4ccccc4C(=O)O)cc(C)cc3c(=O)n2C)CC1. The Labute approximate surface area is 197 Å². The van der Waals surface area contributed by atoms with Crippen molar-refractivity contribution in [3.05, 3.63) is 63.4 Å². The Bertz CT molecular complexity index is 1320. The van der Waals surface area contributed by atoms with Crippen LogP contribution in [0.15, 0.2) is 41.2 Å². The summed E-state index contributed by atoms with van der Waals surface area (Å²) in [5.74, 6) is -0.411. The maximum atomic E-state index is 13.3. The van der Waals surface area contributed by atoms with Gasteiger partial charge in [-0.1, -0.05) is 18.2 Å². The van der Waals surface area contributed by atoms with E-state index in [4.69, 9.17) is 4.98 Å².